The molecule has 0 bridgehead atoms. The molecule has 2 nitrogen and oxygen atoms in total. The summed E-state index contributed by atoms with van der Waals surface area (Å²) in [6.07, 6.45) is 4.95. The molecule has 0 aromatic rings. The second kappa shape index (κ2) is 4.29. The fourth-order valence-corrected chi connectivity index (χ4v) is 1.07. The number of rotatable bonds is 5. The number of hydrogen-bond donors (Lipinski definition) is 0. The highest BCUT2D eigenvalue weighted by Crippen LogP contribution is 2.33. The van der Waals surface area contributed by atoms with Gasteiger partial charge in [-0.1, -0.05) is 19.4 Å². The molecule has 1 rings (SSSR count). The number of carbonyl (C=O) groups excluding carboxylic acids is 1. The standard InChI is InChI=1S/C10H16O2/c1-8(2)10(11)12-7-3-4-9-5-6-9/h9H,1,3-7H2,2H3. The Labute approximate surface area is 73.6 Å². The molecule has 0 radical (unpaired) electrons. The van der Waals surface area contributed by atoms with Gasteiger partial charge in [-0.15, -0.1) is 0 Å². The summed E-state index contributed by atoms with van der Waals surface area (Å²) in [5.41, 5.74) is 0.487. The van der Waals surface area contributed by atoms with E-state index in [0.717, 1.165) is 12.3 Å². The molecule has 0 atom stereocenters. The molecule has 0 aromatic carbocycles. The van der Waals surface area contributed by atoms with Gasteiger partial charge in [0.15, 0.2) is 0 Å². The second-order valence-electron chi connectivity index (χ2n) is 3.50. The van der Waals surface area contributed by atoms with Crippen LogP contribution in [-0.4, -0.2) is 12.6 Å². The van der Waals surface area contributed by atoms with Crippen LogP contribution in [0.3, 0.4) is 0 Å². The van der Waals surface area contributed by atoms with Crippen LogP contribution in [0.25, 0.3) is 0 Å². The fourth-order valence-electron chi connectivity index (χ4n) is 1.07. The molecule has 0 aliphatic heterocycles. The summed E-state index contributed by atoms with van der Waals surface area (Å²) in [7, 11) is 0. The minimum atomic E-state index is -0.259. The minimum absolute atomic E-state index is 0.259. The SMILES string of the molecule is C=C(C)C(=O)OCCCC1CC1. The van der Waals surface area contributed by atoms with Crippen LogP contribution >= 0.6 is 0 Å². The first kappa shape index (κ1) is 9.30. The van der Waals surface area contributed by atoms with Gasteiger partial charge in [0.2, 0.25) is 0 Å². The lowest BCUT2D eigenvalue weighted by molar-refractivity contribution is -0.139. The maximum Gasteiger partial charge on any atom is 0.333 e. The third-order valence-corrected chi connectivity index (χ3v) is 2.04. The molecule has 0 spiro atoms. The largest absolute Gasteiger partial charge is 0.462 e. The number of carbonyl (C=O) groups is 1. The van der Waals surface area contributed by atoms with E-state index in [1.165, 1.54) is 19.3 Å². The highest BCUT2D eigenvalue weighted by atomic mass is 16.5. The van der Waals surface area contributed by atoms with Crippen molar-refractivity contribution in [3.63, 3.8) is 0 Å². The van der Waals surface area contributed by atoms with Gasteiger partial charge in [-0.25, -0.2) is 4.79 Å². The Bertz CT molecular complexity index is 180. The highest BCUT2D eigenvalue weighted by molar-refractivity contribution is 5.86. The first-order valence-corrected chi connectivity index (χ1v) is 4.53. The average Bonchev–Trinajstić information content (AvgIpc) is 2.80. The maximum atomic E-state index is 10.9. The molecule has 0 aromatic heterocycles. The van der Waals surface area contributed by atoms with Crippen molar-refractivity contribution in [3.8, 4) is 0 Å². The second-order valence-corrected chi connectivity index (χ2v) is 3.50. The molecule has 0 unspecified atom stereocenters. The molecule has 68 valence electrons. The summed E-state index contributed by atoms with van der Waals surface area (Å²) < 4.78 is 4.94. The normalized spacial score (nSPS) is 15.8. The predicted octanol–water partition coefficient (Wildman–Crippen LogP) is 2.30. The highest BCUT2D eigenvalue weighted by Gasteiger charge is 2.20. The third-order valence-electron chi connectivity index (χ3n) is 2.04. The number of hydrogen-bond acceptors (Lipinski definition) is 2. The van der Waals surface area contributed by atoms with Gasteiger partial charge in [0.1, 0.15) is 0 Å². The van der Waals surface area contributed by atoms with Crippen LogP contribution < -0.4 is 0 Å². The van der Waals surface area contributed by atoms with Crippen molar-refractivity contribution >= 4 is 5.97 Å². The van der Waals surface area contributed by atoms with Gasteiger partial charge in [0, 0.05) is 5.57 Å². The van der Waals surface area contributed by atoms with Crippen molar-refractivity contribution in [3.05, 3.63) is 12.2 Å². The number of esters is 1. The van der Waals surface area contributed by atoms with E-state index in [9.17, 15) is 4.79 Å². The topological polar surface area (TPSA) is 26.3 Å². The summed E-state index contributed by atoms with van der Waals surface area (Å²) in [4.78, 5) is 10.9. The van der Waals surface area contributed by atoms with E-state index < -0.39 is 0 Å². The Morgan fingerprint density at radius 2 is 2.25 bits per heavy atom. The quantitative estimate of drug-likeness (QED) is 0.357. The van der Waals surface area contributed by atoms with Crippen molar-refractivity contribution in [2.24, 2.45) is 5.92 Å². The van der Waals surface area contributed by atoms with Gasteiger partial charge < -0.3 is 4.74 Å². The molecule has 0 saturated heterocycles. The number of ether oxygens (including phenoxy) is 1. The summed E-state index contributed by atoms with van der Waals surface area (Å²) in [5.74, 6) is 0.666. The zero-order valence-electron chi connectivity index (χ0n) is 7.64. The molecule has 0 amide bonds. The average molecular weight is 168 g/mol. The lowest BCUT2D eigenvalue weighted by atomic mass is 10.2. The molecular formula is C10H16O2. The molecule has 12 heavy (non-hydrogen) atoms. The smallest absolute Gasteiger partial charge is 0.333 e. The van der Waals surface area contributed by atoms with Crippen molar-refractivity contribution in [2.75, 3.05) is 6.61 Å². The molecular weight excluding hydrogens is 152 g/mol. The first-order valence-electron chi connectivity index (χ1n) is 4.53. The lowest BCUT2D eigenvalue weighted by Gasteiger charge is -2.02. The van der Waals surface area contributed by atoms with Crippen LogP contribution in [0.2, 0.25) is 0 Å². The fraction of sp³-hybridized carbons (Fsp3) is 0.700. The zero-order chi connectivity index (χ0) is 8.97. The molecule has 1 aliphatic rings. The van der Waals surface area contributed by atoms with Crippen molar-refractivity contribution in [2.45, 2.75) is 32.6 Å². The van der Waals surface area contributed by atoms with E-state index in [-0.39, 0.29) is 5.97 Å². The van der Waals surface area contributed by atoms with Crippen LogP contribution in [0.1, 0.15) is 32.6 Å². The summed E-state index contributed by atoms with van der Waals surface area (Å²) in [5, 5.41) is 0. The Morgan fingerprint density at radius 3 is 2.75 bits per heavy atom. The van der Waals surface area contributed by atoms with E-state index in [0.29, 0.717) is 12.2 Å². The summed E-state index contributed by atoms with van der Waals surface area (Å²) in [6, 6.07) is 0. The van der Waals surface area contributed by atoms with Gasteiger partial charge in [0.05, 0.1) is 6.61 Å². The summed E-state index contributed by atoms with van der Waals surface area (Å²) in [6.45, 7) is 5.73. The first-order chi connectivity index (χ1) is 5.70. The Morgan fingerprint density at radius 1 is 1.58 bits per heavy atom. The van der Waals surface area contributed by atoms with Crippen molar-refractivity contribution in [1.82, 2.24) is 0 Å². The van der Waals surface area contributed by atoms with Crippen LogP contribution in [0, 0.1) is 5.92 Å². The van der Waals surface area contributed by atoms with Gasteiger partial charge >= 0.3 is 5.97 Å². The van der Waals surface area contributed by atoms with Crippen LogP contribution in [0.15, 0.2) is 12.2 Å². The molecule has 0 N–H and O–H groups in total. The van der Waals surface area contributed by atoms with E-state index >= 15 is 0 Å². The third kappa shape index (κ3) is 3.56. The van der Waals surface area contributed by atoms with Gasteiger partial charge in [-0.05, 0) is 25.7 Å². The summed E-state index contributed by atoms with van der Waals surface area (Å²) >= 11 is 0. The zero-order valence-corrected chi connectivity index (χ0v) is 7.64. The van der Waals surface area contributed by atoms with Crippen LogP contribution in [0.5, 0.6) is 0 Å². The van der Waals surface area contributed by atoms with E-state index in [4.69, 9.17) is 4.74 Å². The maximum absolute atomic E-state index is 10.9. The van der Waals surface area contributed by atoms with Gasteiger partial charge in [-0.2, -0.15) is 0 Å². The van der Waals surface area contributed by atoms with E-state index in [1.54, 1.807) is 6.92 Å². The molecule has 1 aliphatic carbocycles. The van der Waals surface area contributed by atoms with Crippen molar-refractivity contribution in [1.29, 1.82) is 0 Å². The van der Waals surface area contributed by atoms with Crippen LogP contribution in [0.4, 0.5) is 0 Å². The van der Waals surface area contributed by atoms with Crippen LogP contribution in [-0.2, 0) is 9.53 Å². The van der Waals surface area contributed by atoms with Gasteiger partial charge in [0.25, 0.3) is 0 Å². The molecule has 2 heteroatoms. The predicted molar refractivity (Wildman–Crippen MR) is 47.7 cm³/mol. The molecule has 0 heterocycles. The minimum Gasteiger partial charge on any atom is -0.462 e. The molecule has 1 fully saturated rings. The van der Waals surface area contributed by atoms with E-state index in [2.05, 4.69) is 6.58 Å². The lowest BCUT2D eigenvalue weighted by Crippen LogP contribution is -2.06. The van der Waals surface area contributed by atoms with Gasteiger partial charge in [-0.3, -0.25) is 0 Å². The monoisotopic (exact) mass is 168 g/mol. The Kier molecular flexibility index (Phi) is 3.32. The molecule has 1 saturated carbocycles. The van der Waals surface area contributed by atoms with E-state index in [1.807, 2.05) is 0 Å². The Balaban J connectivity index is 1.93. The van der Waals surface area contributed by atoms with Crippen molar-refractivity contribution < 1.29 is 9.53 Å². The Hall–Kier alpha value is -0.790.